The van der Waals surface area contributed by atoms with Crippen molar-refractivity contribution in [2.24, 2.45) is 47.3 Å². The summed E-state index contributed by atoms with van der Waals surface area (Å²) in [6, 6.07) is 2.47. The van der Waals surface area contributed by atoms with Crippen molar-refractivity contribution in [1.82, 2.24) is 0 Å². The molecule has 0 aromatic carbocycles. The first-order chi connectivity index (χ1) is 12.8. The fourth-order valence-electron chi connectivity index (χ4n) is 5.03. The second-order valence-electron chi connectivity index (χ2n) is 9.78. The van der Waals surface area contributed by atoms with Gasteiger partial charge in [0.05, 0.1) is 6.07 Å². The van der Waals surface area contributed by atoms with E-state index in [1.54, 1.807) is 0 Å². The Hall–Kier alpha value is -0.310. The van der Waals surface area contributed by atoms with Gasteiger partial charge in [-0.05, 0) is 67.1 Å². The van der Waals surface area contributed by atoms with Crippen LogP contribution in [0.4, 0.5) is 0 Å². The number of nitriles is 1. The Morgan fingerprint density at radius 1 is 0.893 bits per heavy atom. The van der Waals surface area contributed by atoms with E-state index in [4.69, 9.17) is 18.2 Å². The van der Waals surface area contributed by atoms with Crippen LogP contribution in [0.5, 0.6) is 0 Å². The highest BCUT2D eigenvalue weighted by atomic mass is 35.7. The van der Waals surface area contributed by atoms with Crippen LogP contribution in [0.2, 0.25) is 0 Å². The maximum Gasteiger partial charge on any atom is 0.353 e. The summed E-state index contributed by atoms with van der Waals surface area (Å²) >= 11 is 0. The first kappa shape index (κ1) is 27.7. The summed E-state index contributed by atoms with van der Waals surface area (Å²) in [5.41, 5.74) is 0. The number of rotatable bonds is 2. The highest BCUT2D eigenvalue weighted by molar-refractivity contribution is 8.09. The summed E-state index contributed by atoms with van der Waals surface area (Å²) < 4.78 is 25.2. The van der Waals surface area contributed by atoms with Crippen LogP contribution in [0.15, 0.2) is 0 Å². The molecule has 0 spiro atoms. The van der Waals surface area contributed by atoms with E-state index in [1.165, 1.54) is 32.1 Å². The van der Waals surface area contributed by atoms with E-state index in [0.717, 1.165) is 36.0 Å². The maximum absolute atomic E-state index is 8.98. The zero-order valence-corrected chi connectivity index (χ0v) is 20.4. The van der Waals surface area contributed by atoms with Crippen LogP contribution in [-0.4, -0.2) is 13.0 Å². The van der Waals surface area contributed by atoms with Gasteiger partial charge in [-0.3, -0.25) is 4.55 Å². The summed E-state index contributed by atoms with van der Waals surface area (Å²) in [4.78, 5) is 0. The molecule has 0 aromatic heterocycles. The SMILES string of the molecule is CC1CCC(C(C)C)C(C#N)C1.CC1CCC(C(C)C)C(C)C1.O=S(=O)(O)Cl. The third-order valence-corrected chi connectivity index (χ3v) is 6.54. The molecule has 0 heterocycles. The molecule has 0 aromatic rings. The smallest absolute Gasteiger partial charge is 0.273 e. The third kappa shape index (κ3) is 12.3. The predicted molar refractivity (Wildman–Crippen MR) is 118 cm³/mol. The van der Waals surface area contributed by atoms with Gasteiger partial charge in [0.1, 0.15) is 0 Å². The summed E-state index contributed by atoms with van der Waals surface area (Å²) in [5.74, 6) is 6.30. The van der Waals surface area contributed by atoms with Crippen LogP contribution in [-0.2, 0) is 9.33 Å². The van der Waals surface area contributed by atoms with E-state index in [9.17, 15) is 0 Å². The average Bonchev–Trinajstić information content (AvgIpc) is 2.53. The molecule has 0 radical (unpaired) electrons. The van der Waals surface area contributed by atoms with Crippen molar-refractivity contribution in [3.63, 3.8) is 0 Å². The normalized spacial score (nSPS) is 33.2. The molecule has 6 heteroatoms. The number of hydrogen-bond donors (Lipinski definition) is 1. The minimum Gasteiger partial charge on any atom is -0.273 e. The average molecular weight is 436 g/mol. The Labute approximate surface area is 178 Å². The lowest BCUT2D eigenvalue weighted by molar-refractivity contribution is 0.158. The predicted octanol–water partition coefficient (Wildman–Crippen LogP) is 6.96. The summed E-state index contributed by atoms with van der Waals surface area (Å²) in [7, 11) is -0.137. The molecule has 2 rings (SSSR count). The second-order valence-corrected chi connectivity index (χ2v) is 11.8. The van der Waals surface area contributed by atoms with Crippen molar-refractivity contribution in [2.75, 3.05) is 0 Å². The maximum atomic E-state index is 8.98. The van der Waals surface area contributed by atoms with E-state index in [-0.39, 0.29) is 0 Å². The molecule has 2 fully saturated rings. The number of nitrogens with zero attached hydrogens (tertiary/aromatic N) is 1. The van der Waals surface area contributed by atoms with Crippen molar-refractivity contribution in [1.29, 1.82) is 5.26 Å². The molecule has 28 heavy (non-hydrogen) atoms. The number of halogens is 1. The van der Waals surface area contributed by atoms with Gasteiger partial charge in [0, 0.05) is 16.6 Å². The van der Waals surface area contributed by atoms with Gasteiger partial charge in [0.15, 0.2) is 0 Å². The lowest BCUT2D eigenvalue weighted by Gasteiger charge is -2.35. The van der Waals surface area contributed by atoms with Gasteiger partial charge in [-0.15, -0.1) is 0 Å². The Kier molecular flexibility index (Phi) is 12.9. The standard InChI is InChI=1S/C11H19N.C11H22.ClHO3S/c1-8(2)11-5-4-9(3)6-10(11)7-12;1-8(2)11-6-5-9(3)7-10(11)4;1-5(2,3)4/h8-11H,4-6H2,1-3H3;8-11H,5-7H2,1-4H3;(H,2,3,4). The molecule has 0 saturated heterocycles. The highest BCUT2D eigenvalue weighted by Crippen LogP contribution is 2.38. The van der Waals surface area contributed by atoms with Crippen molar-refractivity contribution in [2.45, 2.75) is 87.0 Å². The van der Waals surface area contributed by atoms with E-state index < -0.39 is 9.33 Å². The molecule has 6 atom stereocenters. The molecule has 2 aliphatic rings. The first-order valence-corrected chi connectivity index (χ1v) is 13.1. The molecule has 166 valence electrons. The minimum atomic E-state index is -4.19. The van der Waals surface area contributed by atoms with Crippen molar-refractivity contribution in [3.8, 4) is 6.07 Å². The van der Waals surface area contributed by atoms with Gasteiger partial charge in [0.2, 0.25) is 0 Å². The van der Waals surface area contributed by atoms with Crippen molar-refractivity contribution < 1.29 is 13.0 Å². The number of hydrogen-bond acceptors (Lipinski definition) is 3. The van der Waals surface area contributed by atoms with Crippen LogP contribution in [0.25, 0.3) is 0 Å². The Bertz CT molecular complexity index is 563. The minimum absolute atomic E-state index is 0.328. The van der Waals surface area contributed by atoms with Gasteiger partial charge in [-0.25, -0.2) is 0 Å². The molecule has 0 bridgehead atoms. The van der Waals surface area contributed by atoms with Gasteiger partial charge in [-0.2, -0.15) is 13.7 Å². The Morgan fingerprint density at radius 2 is 1.29 bits per heavy atom. The quantitative estimate of drug-likeness (QED) is 0.375. The van der Waals surface area contributed by atoms with Crippen molar-refractivity contribution in [3.05, 3.63) is 0 Å². The van der Waals surface area contributed by atoms with Crippen LogP contribution >= 0.6 is 10.7 Å². The molecule has 2 saturated carbocycles. The van der Waals surface area contributed by atoms with E-state index in [0.29, 0.717) is 17.8 Å². The molecule has 0 aliphatic heterocycles. The van der Waals surface area contributed by atoms with E-state index in [1.807, 2.05) is 0 Å². The van der Waals surface area contributed by atoms with Crippen LogP contribution in [0.1, 0.15) is 87.0 Å². The van der Waals surface area contributed by atoms with E-state index >= 15 is 0 Å². The molecule has 1 N–H and O–H groups in total. The second kappa shape index (κ2) is 13.1. The molecular weight excluding hydrogens is 394 g/mol. The third-order valence-electron chi connectivity index (χ3n) is 6.54. The van der Waals surface area contributed by atoms with Crippen molar-refractivity contribution >= 4 is 20.0 Å². The summed E-state index contributed by atoms with van der Waals surface area (Å²) in [6.45, 7) is 16.3. The van der Waals surface area contributed by atoms with Crippen LogP contribution in [0, 0.1) is 58.7 Å². The molecule has 2 aliphatic carbocycles. The Morgan fingerprint density at radius 3 is 1.64 bits per heavy atom. The van der Waals surface area contributed by atoms with Crippen LogP contribution < -0.4 is 0 Å². The zero-order chi connectivity index (χ0) is 22.1. The lowest BCUT2D eigenvalue weighted by atomic mass is 9.71. The molecule has 6 unspecified atom stereocenters. The summed E-state index contributed by atoms with van der Waals surface area (Å²) in [5, 5.41) is 8.98. The van der Waals surface area contributed by atoms with Crippen LogP contribution in [0.3, 0.4) is 0 Å². The molecule has 0 amide bonds. The molecule has 4 nitrogen and oxygen atoms in total. The Balaban J connectivity index is 0.000000424. The van der Waals surface area contributed by atoms with Gasteiger partial charge in [-0.1, -0.05) is 61.3 Å². The lowest BCUT2D eigenvalue weighted by Crippen LogP contribution is -2.26. The van der Waals surface area contributed by atoms with Gasteiger partial charge < -0.3 is 0 Å². The monoisotopic (exact) mass is 435 g/mol. The summed E-state index contributed by atoms with van der Waals surface area (Å²) in [6.07, 6.45) is 8.10. The fourth-order valence-corrected chi connectivity index (χ4v) is 5.03. The molecular formula is C22H42ClNO3S. The topological polar surface area (TPSA) is 78.2 Å². The van der Waals surface area contributed by atoms with Gasteiger partial charge >= 0.3 is 9.33 Å². The zero-order valence-electron chi connectivity index (χ0n) is 18.9. The van der Waals surface area contributed by atoms with E-state index in [2.05, 4.69) is 65.2 Å². The first-order valence-electron chi connectivity index (χ1n) is 10.8. The largest absolute Gasteiger partial charge is 0.353 e. The highest BCUT2D eigenvalue weighted by Gasteiger charge is 2.30. The fraction of sp³-hybridized carbons (Fsp3) is 0.955. The van der Waals surface area contributed by atoms with Gasteiger partial charge in [0.25, 0.3) is 0 Å².